The number of carbonyl (C=O) groups excluding carboxylic acids is 2. The van der Waals surface area contributed by atoms with Crippen molar-refractivity contribution in [2.45, 2.75) is 0 Å². The van der Waals surface area contributed by atoms with Crippen molar-refractivity contribution in [3.8, 4) is 0 Å². The molecule has 0 spiro atoms. The van der Waals surface area contributed by atoms with Crippen LogP contribution in [-0.4, -0.2) is 28.4 Å². The minimum atomic E-state index is -1.07. The lowest BCUT2D eigenvalue weighted by Crippen LogP contribution is -2.22. The van der Waals surface area contributed by atoms with Crippen molar-refractivity contribution < 1.29 is 19.2 Å². The number of hydrogen-bond acceptors (Lipinski definition) is 6. The van der Waals surface area contributed by atoms with Crippen LogP contribution in [0.5, 0.6) is 0 Å². The number of nitrogens with zero attached hydrogens (tertiary/aromatic N) is 2. The van der Waals surface area contributed by atoms with Gasteiger partial charge in [0.2, 0.25) is 0 Å². The van der Waals surface area contributed by atoms with Crippen molar-refractivity contribution in [3.05, 3.63) is 61.2 Å². The first-order valence-corrected chi connectivity index (χ1v) is 7.63. The second-order valence-corrected chi connectivity index (χ2v) is 5.81. The average molecular weight is 405 g/mol. The zero-order valence-electron chi connectivity index (χ0n) is 12.2. The normalized spacial score (nSPS) is 10.2. The van der Waals surface area contributed by atoms with Gasteiger partial charge < -0.3 is 10.1 Å². The number of benzene rings is 1. The van der Waals surface area contributed by atoms with Gasteiger partial charge in [0.25, 0.3) is 11.6 Å². The number of hydrogen-bond donors (Lipinski definition) is 1. The summed E-state index contributed by atoms with van der Waals surface area (Å²) in [6, 6.07) is 4.78. The van der Waals surface area contributed by atoms with E-state index in [0.29, 0.717) is 0 Å². The third-order valence-corrected chi connectivity index (χ3v) is 3.51. The van der Waals surface area contributed by atoms with Crippen LogP contribution in [0.15, 0.2) is 30.5 Å². The Labute approximate surface area is 155 Å². The number of halogens is 3. The molecule has 1 aromatic heterocycles. The zero-order chi connectivity index (χ0) is 18.6. The third-order valence-electron chi connectivity index (χ3n) is 2.78. The lowest BCUT2D eigenvalue weighted by molar-refractivity contribution is -0.385. The molecule has 0 aliphatic carbocycles. The molecule has 1 heterocycles. The molecule has 0 fully saturated rings. The summed E-state index contributed by atoms with van der Waals surface area (Å²) >= 11 is 17.3. The maximum Gasteiger partial charge on any atom is 0.345 e. The topological polar surface area (TPSA) is 111 Å². The molecule has 25 heavy (non-hydrogen) atoms. The van der Waals surface area contributed by atoms with Gasteiger partial charge in [-0.25, -0.2) is 9.78 Å². The van der Waals surface area contributed by atoms with Crippen molar-refractivity contribution in [3.63, 3.8) is 0 Å². The number of rotatable bonds is 5. The number of nitro benzene ring substituents is 1. The van der Waals surface area contributed by atoms with E-state index in [9.17, 15) is 19.7 Å². The van der Waals surface area contributed by atoms with E-state index >= 15 is 0 Å². The fourth-order valence-electron chi connectivity index (χ4n) is 1.71. The van der Waals surface area contributed by atoms with Gasteiger partial charge in [-0.3, -0.25) is 14.9 Å². The first-order valence-electron chi connectivity index (χ1n) is 6.50. The van der Waals surface area contributed by atoms with E-state index in [-0.39, 0.29) is 26.4 Å². The summed E-state index contributed by atoms with van der Waals surface area (Å²) in [6.07, 6.45) is 1.27. The molecule has 0 aliphatic heterocycles. The summed E-state index contributed by atoms with van der Waals surface area (Å²) in [4.78, 5) is 37.7. The van der Waals surface area contributed by atoms with E-state index < -0.39 is 29.1 Å². The Balaban J connectivity index is 2.03. The van der Waals surface area contributed by atoms with Crippen molar-refractivity contribution in [2.24, 2.45) is 0 Å². The number of nitro groups is 1. The van der Waals surface area contributed by atoms with Gasteiger partial charge in [0, 0.05) is 17.3 Å². The zero-order valence-corrected chi connectivity index (χ0v) is 14.4. The summed E-state index contributed by atoms with van der Waals surface area (Å²) < 4.78 is 4.76. The molecule has 0 radical (unpaired) electrons. The van der Waals surface area contributed by atoms with Gasteiger partial charge in [-0.2, -0.15) is 0 Å². The molecule has 1 amide bonds. The van der Waals surface area contributed by atoms with E-state index in [2.05, 4.69) is 10.3 Å². The van der Waals surface area contributed by atoms with E-state index in [1.165, 1.54) is 18.3 Å². The van der Waals surface area contributed by atoms with Gasteiger partial charge >= 0.3 is 5.97 Å². The number of ether oxygens (including phenoxy) is 1. The van der Waals surface area contributed by atoms with Crippen molar-refractivity contribution in [1.82, 2.24) is 4.98 Å². The summed E-state index contributed by atoms with van der Waals surface area (Å²) in [5.74, 6) is -1.78. The lowest BCUT2D eigenvalue weighted by atomic mass is 10.2. The highest BCUT2D eigenvalue weighted by Crippen LogP contribution is 2.24. The summed E-state index contributed by atoms with van der Waals surface area (Å²) in [5, 5.41) is 13.7. The molecule has 2 aromatic rings. The van der Waals surface area contributed by atoms with Gasteiger partial charge in [0.05, 0.1) is 15.0 Å². The molecule has 1 aromatic carbocycles. The summed E-state index contributed by atoms with van der Waals surface area (Å²) in [5.41, 5.74) is -0.856. The lowest BCUT2D eigenvalue weighted by Gasteiger charge is -2.08. The van der Waals surface area contributed by atoms with E-state index in [1.54, 1.807) is 0 Å². The molecule has 2 rings (SSSR count). The van der Waals surface area contributed by atoms with Gasteiger partial charge in [-0.15, -0.1) is 0 Å². The van der Waals surface area contributed by atoms with Crippen LogP contribution in [0.25, 0.3) is 0 Å². The largest absolute Gasteiger partial charge is 0.452 e. The molecule has 11 heteroatoms. The molecule has 0 bridgehead atoms. The number of amides is 1. The Morgan fingerprint density at radius 1 is 1.20 bits per heavy atom. The second-order valence-electron chi connectivity index (χ2n) is 4.53. The third kappa shape index (κ3) is 5.02. The molecule has 1 N–H and O–H groups in total. The van der Waals surface area contributed by atoms with Crippen LogP contribution in [0.1, 0.15) is 10.4 Å². The number of pyridine rings is 1. The Morgan fingerprint density at radius 3 is 2.56 bits per heavy atom. The standard InChI is InChI=1S/C14H8Cl3N3O5/c15-7-1-2-11(20(23)24)9(3-7)14(22)25-6-12(21)19-13-10(17)4-8(16)5-18-13/h1-5H,6H2,(H,18,19,21). The highest BCUT2D eigenvalue weighted by molar-refractivity contribution is 6.36. The SMILES string of the molecule is O=C(COC(=O)c1cc(Cl)ccc1[N+](=O)[O-])Nc1ncc(Cl)cc1Cl. The van der Waals surface area contributed by atoms with Gasteiger partial charge in [0.1, 0.15) is 5.56 Å². The monoisotopic (exact) mass is 403 g/mol. The number of nitrogens with one attached hydrogen (secondary N) is 1. The molecular formula is C14H8Cl3N3O5. The maximum atomic E-state index is 12.0. The molecule has 0 atom stereocenters. The number of aromatic nitrogens is 1. The molecule has 0 unspecified atom stereocenters. The fraction of sp³-hybridized carbons (Fsp3) is 0.0714. The quantitative estimate of drug-likeness (QED) is 0.461. The predicted octanol–water partition coefficient (Wildman–Crippen LogP) is 3.75. The highest BCUT2D eigenvalue weighted by atomic mass is 35.5. The maximum absolute atomic E-state index is 12.0. The number of anilines is 1. The minimum absolute atomic E-state index is 0.0286. The van der Waals surface area contributed by atoms with Crippen LogP contribution in [0.3, 0.4) is 0 Å². The first kappa shape index (κ1) is 18.9. The second kappa shape index (κ2) is 8.11. The summed E-state index contributed by atoms with van der Waals surface area (Å²) in [7, 11) is 0. The van der Waals surface area contributed by atoms with Crippen LogP contribution in [0.4, 0.5) is 11.5 Å². The molecule has 130 valence electrons. The highest BCUT2D eigenvalue weighted by Gasteiger charge is 2.22. The van der Waals surface area contributed by atoms with Crippen LogP contribution < -0.4 is 5.32 Å². The van der Waals surface area contributed by atoms with E-state index in [0.717, 1.165) is 12.1 Å². The molecule has 0 aliphatic rings. The molecular weight excluding hydrogens is 397 g/mol. The van der Waals surface area contributed by atoms with Crippen molar-refractivity contribution in [2.75, 3.05) is 11.9 Å². The first-order chi connectivity index (χ1) is 11.8. The van der Waals surface area contributed by atoms with E-state index in [4.69, 9.17) is 39.5 Å². The minimum Gasteiger partial charge on any atom is -0.452 e. The van der Waals surface area contributed by atoms with Crippen LogP contribution in [0, 0.1) is 10.1 Å². The van der Waals surface area contributed by atoms with Crippen molar-refractivity contribution >= 4 is 58.2 Å². The summed E-state index contributed by atoms with van der Waals surface area (Å²) in [6.45, 7) is -0.705. The fourth-order valence-corrected chi connectivity index (χ4v) is 2.31. The predicted molar refractivity (Wildman–Crippen MR) is 91.3 cm³/mol. The van der Waals surface area contributed by atoms with Crippen LogP contribution in [0.2, 0.25) is 15.1 Å². The van der Waals surface area contributed by atoms with E-state index in [1.807, 2.05) is 0 Å². The average Bonchev–Trinajstić information content (AvgIpc) is 2.54. The van der Waals surface area contributed by atoms with Crippen LogP contribution in [-0.2, 0) is 9.53 Å². The molecule has 0 saturated heterocycles. The number of carbonyl (C=O) groups is 2. The Hall–Kier alpha value is -2.42. The smallest absolute Gasteiger partial charge is 0.345 e. The Morgan fingerprint density at radius 2 is 1.92 bits per heavy atom. The Bertz CT molecular complexity index is 860. The molecule has 0 saturated carbocycles. The Kier molecular flexibility index (Phi) is 6.13. The van der Waals surface area contributed by atoms with Gasteiger partial charge in [0.15, 0.2) is 12.4 Å². The molecule has 8 nitrogen and oxygen atoms in total. The number of esters is 1. The van der Waals surface area contributed by atoms with Gasteiger partial charge in [-0.1, -0.05) is 34.8 Å². The van der Waals surface area contributed by atoms with Crippen LogP contribution >= 0.6 is 34.8 Å². The van der Waals surface area contributed by atoms with Gasteiger partial charge in [-0.05, 0) is 18.2 Å². The van der Waals surface area contributed by atoms with Crippen molar-refractivity contribution in [1.29, 1.82) is 0 Å².